The Kier molecular flexibility index (Phi) is 3.74. The monoisotopic (exact) mass is 344 g/mol. The zero-order chi connectivity index (χ0) is 15.8. The molecule has 1 N–H and O–H groups in total. The highest BCUT2D eigenvalue weighted by Crippen LogP contribution is 2.31. The van der Waals surface area contributed by atoms with E-state index < -0.39 is 0 Å². The summed E-state index contributed by atoms with van der Waals surface area (Å²) in [6.45, 7) is 0. The molecule has 7 heteroatoms. The highest BCUT2D eigenvalue weighted by atomic mass is 32.1. The summed E-state index contributed by atoms with van der Waals surface area (Å²) in [5, 5.41) is 11.6. The summed E-state index contributed by atoms with van der Waals surface area (Å²) in [4.78, 5) is 18.4. The Balaban J connectivity index is 1.53. The van der Waals surface area contributed by atoms with Crippen molar-refractivity contribution in [2.45, 2.75) is 25.7 Å². The van der Waals surface area contributed by atoms with E-state index in [1.807, 2.05) is 24.0 Å². The smallest absolute Gasteiger partial charge is 0.258 e. The van der Waals surface area contributed by atoms with E-state index in [0.717, 1.165) is 29.7 Å². The predicted octanol–water partition coefficient (Wildman–Crippen LogP) is 3.74. The number of rotatable bonds is 3. The average Bonchev–Trinajstić information content (AvgIpc) is 3.25. The summed E-state index contributed by atoms with van der Waals surface area (Å²) >= 11 is 3.15. The second-order valence-corrected chi connectivity index (χ2v) is 7.48. The van der Waals surface area contributed by atoms with Crippen LogP contribution in [-0.4, -0.2) is 20.7 Å². The molecule has 1 amide bonds. The van der Waals surface area contributed by atoms with Crippen molar-refractivity contribution in [2.24, 2.45) is 7.05 Å². The molecule has 4 rings (SSSR count). The first-order chi connectivity index (χ1) is 11.2. The molecule has 3 heterocycles. The second-order valence-electron chi connectivity index (χ2n) is 5.65. The molecule has 0 spiro atoms. The molecular weight excluding hydrogens is 328 g/mol. The minimum Gasteiger partial charge on any atom is -0.298 e. The normalized spacial score (nSPS) is 13.8. The van der Waals surface area contributed by atoms with Crippen molar-refractivity contribution >= 4 is 33.7 Å². The molecule has 0 aliphatic heterocycles. The van der Waals surface area contributed by atoms with Gasteiger partial charge in [0.1, 0.15) is 0 Å². The van der Waals surface area contributed by atoms with Gasteiger partial charge in [-0.1, -0.05) is 0 Å². The van der Waals surface area contributed by atoms with Gasteiger partial charge in [0.05, 0.1) is 17.5 Å². The maximum Gasteiger partial charge on any atom is 0.258 e. The maximum absolute atomic E-state index is 12.5. The van der Waals surface area contributed by atoms with Crippen LogP contribution in [0.2, 0.25) is 0 Å². The van der Waals surface area contributed by atoms with Crippen molar-refractivity contribution < 1.29 is 4.79 Å². The molecule has 5 nitrogen and oxygen atoms in total. The average molecular weight is 344 g/mol. The van der Waals surface area contributed by atoms with E-state index >= 15 is 0 Å². The van der Waals surface area contributed by atoms with Gasteiger partial charge in [-0.25, -0.2) is 4.98 Å². The van der Waals surface area contributed by atoms with Crippen LogP contribution in [0.15, 0.2) is 23.2 Å². The number of carbonyl (C=O) groups excluding carboxylic acids is 1. The number of thiophene rings is 1. The number of hydrogen-bond acceptors (Lipinski definition) is 5. The van der Waals surface area contributed by atoms with E-state index in [2.05, 4.69) is 15.4 Å². The molecule has 0 radical (unpaired) electrons. The number of carbonyl (C=O) groups is 1. The van der Waals surface area contributed by atoms with Gasteiger partial charge >= 0.3 is 0 Å². The van der Waals surface area contributed by atoms with Crippen LogP contribution in [0, 0.1) is 0 Å². The first-order valence-corrected chi connectivity index (χ1v) is 9.32. The minimum atomic E-state index is -0.0449. The highest BCUT2D eigenvalue weighted by molar-refractivity contribution is 7.14. The molecule has 0 atom stereocenters. The minimum absolute atomic E-state index is 0.0449. The summed E-state index contributed by atoms with van der Waals surface area (Å²) in [6.07, 6.45) is 8.21. The van der Waals surface area contributed by atoms with Crippen LogP contribution in [0.1, 0.15) is 33.6 Å². The maximum atomic E-state index is 12.5. The van der Waals surface area contributed by atoms with Crippen LogP contribution in [0.5, 0.6) is 0 Å². The van der Waals surface area contributed by atoms with E-state index in [1.165, 1.54) is 34.6 Å². The van der Waals surface area contributed by atoms with Crippen LogP contribution < -0.4 is 5.32 Å². The van der Waals surface area contributed by atoms with E-state index in [-0.39, 0.29) is 5.91 Å². The van der Waals surface area contributed by atoms with Crippen LogP contribution in [0.25, 0.3) is 11.3 Å². The van der Waals surface area contributed by atoms with E-state index in [4.69, 9.17) is 0 Å². The SMILES string of the molecule is Cn1cc(-c2csc(NC(=O)c3csc4c3CCCC4)n2)cn1. The molecule has 3 aromatic heterocycles. The topological polar surface area (TPSA) is 59.8 Å². The van der Waals surface area contributed by atoms with Crippen molar-refractivity contribution in [3.63, 3.8) is 0 Å². The van der Waals surface area contributed by atoms with Gasteiger partial charge in [-0.05, 0) is 31.2 Å². The lowest BCUT2D eigenvalue weighted by molar-refractivity contribution is 0.102. The number of nitrogens with zero attached hydrogens (tertiary/aromatic N) is 3. The molecule has 3 aromatic rings. The zero-order valence-corrected chi connectivity index (χ0v) is 14.3. The molecule has 0 saturated carbocycles. The van der Waals surface area contributed by atoms with Gasteiger partial charge in [0, 0.05) is 34.4 Å². The van der Waals surface area contributed by atoms with Crippen molar-refractivity contribution in [1.29, 1.82) is 0 Å². The van der Waals surface area contributed by atoms with Gasteiger partial charge in [0.2, 0.25) is 0 Å². The van der Waals surface area contributed by atoms with Crippen LogP contribution in [-0.2, 0) is 19.9 Å². The molecule has 23 heavy (non-hydrogen) atoms. The van der Waals surface area contributed by atoms with Gasteiger partial charge in [-0.2, -0.15) is 5.10 Å². The van der Waals surface area contributed by atoms with Crippen LogP contribution >= 0.6 is 22.7 Å². The van der Waals surface area contributed by atoms with E-state index in [1.54, 1.807) is 22.2 Å². The lowest BCUT2D eigenvalue weighted by atomic mass is 9.96. The number of hydrogen-bond donors (Lipinski definition) is 1. The quantitative estimate of drug-likeness (QED) is 0.787. The molecule has 0 saturated heterocycles. The number of aryl methyl sites for hydroxylation is 2. The van der Waals surface area contributed by atoms with Gasteiger partial charge < -0.3 is 0 Å². The number of thiazole rings is 1. The van der Waals surface area contributed by atoms with Crippen molar-refractivity contribution in [2.75, 3.05) is 5.32 Å². The molecule has 1 aliphatic carbocycles. The number of anilines is 1. The molecule has 1 aliphatic rings. The fourth-order valence-corrected chi connectivity index (χ4v) is 4.71. The Hall–Kier alpha value is -1.99. The van der Waals surface area contributed by atoms with Crippen LogP contribution in [0.3, 0.4) is 0 Å². The Morgan fingerprint density at radius 3 is 2.96 bits per heavy atom. The Morgan fingerprint density at radius 2 is 2.13 bits per heavy atom. The third-order valence-electron chi connectivity index (χ3n) is 4.03. The number of amides is 1. The van der Waals surface area contributed by atoms with Crippen molar-refractivity contribution in [1.82, 2.24) is 14.8 Å². The Labute approximate surface area is 142 Å². The summed E-state index contributed by atoms with van der Waals surface area (Å²) in [5.41, 5.74) is 3.86. The summed E-state index contributed by atoms with van der Waals surface area (Å²) < 4.78 is 1.74. The summed E-state index contributed by atoms with van der Waals surface area (Å²) in [7, 11) is 1.87. The first-order valence-electron chi connectivity index (χ1n) is 7.56. The fourth-order valence-electron chi connectivity index (χ4n) is 2.87. The molecular formula is C16H16N4OS2. The zero-order valence-electron chi connectivity index (χ0n) is 12.7. The highest BCUT2D eigenvalue weighted by Gasteiger charge is 2.20. The fraction of sp³-hybridized carbons (Fsp3) is 0.312. The van der Waals surface area contributed by atoms with Gasteiger partial charge in [-0.15, -0.1) is 22.7 Å². The Bertz CT molecular complexity index is 861. The number of nitrogens with one attached hydrogen (secondary N) is 1. The van der Waals surface area contributed by atoms with Gasteiger partial charge in [0.15, 0.2) is 5.13 Å². The molecule has 0 aromatic carbocycles. The van der Waals surface area contributed by atoms with Gasteiger partial charge in [0.25, 0.3) is 5.91 Å². The van der Waals surface area contributed by atoms with E-state index in [9.17, 15) is 4.79 Å². The third-order valence-corrected chi connectivity index (χ3v) is 5.88. The predicted molar refractivity (Wildman–Crippen MR) is 93.2 cm³/mol. The molecule has 0 unspecified atom stereocenters. The van der Waals surface area contributed by atoms with Gasteiger partial charge in [-0.3, -0.25) is 14.8 Å². The molecule has 0 fully saturated rings. The summed E-state index contributed by atoms with van der Waals surface area (Å²) in [5.74, 6) is -0.0449. The van der Waals surface area contributed by atoms with Crippen molar-refractivity contribution in [3.8, 4) is 11.3 Å². The lowest BCUT2D eigenvalue weighted by Crippen LogP contribution is -2.14. The Morgan fingerprint density at radius 1 is 1.26 bits per heavy atom. The third kappa shape index (κ3) is 2.82. The molecule has 118 valence electrons. The lowest BCUT2D eigenvalue weighted by Gasteiger charge is -2.12. The standard InChI is InChI=1S/C16H16N4OS2/c1-20-7-10(6-17-20)13-9-23-16(18-13)19-15(21)12-8-22-14-5-3-2-4-11(12)14/h6-9H,2-5H2,1H3,(H,18,19,21). The number of fused-ring (bicyclic) bond motifs is 1. The second kappa shape index (κ2) is 5.90. The number of aromatic nitrogens is 3. The summed E-state index contributed by atoms with van der Waals surface area (Å²) in [6, 6.07) is 0. The van der Waals surface area contributed by atoms with Crippen molar-refractivity contribution in [3.05, 3.63) is 39.2 Å². The largest absolute Gasteiger partial charge is 0.298 e. The first kappa shape index (κ1) is 14.6. The van der Waals surface area contributed by atoms with Crippen LogP contribution in [0.4, 0.5) is 5.13 Å². The molecule has 0 bridgehead atoms. The van der Waals surface area contributed by atoms with E-state index in [0.29, 0.717) is 5.13 Å².